The maximum absolute atomic E-state index is 13.6. The molecule has 1 aromatic heterocycles. The normalized spacial score (nSPS) is 20.4. The maximum Gasteiger partial charge on any atom is 0.240 e. The molecule has 0 radical (unpaired) electrons. The highest BCUT2D eigenvalue weighted by Gasteiger charge is 2.26. The summed E-state index contributed by atoms with van der Waals surface area (Å²) in [5.74, 6) is -0.305. The van der Waals surface area contributed by atoms with E-state index in [0.29, 0.717) is 11.7 Å². The molecule has 2 heterocycles. The van der Waals surface area contributed by atoms with E-state index in [-0.39, 0.29) is 24.3 Å². The number of halogens is 1. The average molecular weight is 360 g/mol. The SMILES string of the molecule is O=C(CN1CCNCC1c1cccc(F)c1)Nc1nc2c(s1)CCC2. The van der Waals surface area contributed by atoms with Crippen molar-refractivity contribution in [3.63, 3.8) is 0 Å². The fraction of sp³-hybridized carbons (Fsp3) is 0.444. The Morgan fingerprint density at radius 1 is 1.44 bits per heavy atom. The number of rotatable bonds is 4. The highest BCUT2D eigenvalue weighted by atomic mass is 32.1. The molecule has 1 aliphatic heterocycles. The Labute approximate surface area is 150 Å². The summed E-state index contributed by atoms with van der Waals surface area (Å²) in [6.45, 7) is 2.57. The number of carbonyl (C=O) groups excluding carboxylic acids is 1. The minimum Gasteiger partial charge on any atom is -0.314 e. The van der Waals surface area contributed by atoms with E-state index >= 15 is 0 Å². The Morgan fingerprint density at radius 2 is 2.36 bits per heavy atom. The number of thiazole rings is 1. The van der Waals surface area contributed by atoms with E-state index in [1.165, 1.54) is 17.4 Å². The highest BCUT2D eigenvalue weighted by molar-refractivity contribution is 7.15. The van der Waals surface area contributed by atoms with Crippen LogP contribution in [0.25, 0.3) is 0 Å². The molecule has 4 rings (SSSR count). The van der Waals surface area contributed by atoms with Crippen molar-refractivity contribution in [3.8, 4) is 0 Å². The van der Waals surface area contributed by atoms with Gasteiger partial charge in [0.05, 0.1) is 12.2 Å². The number of benzene rings is 1. The second-order valence-electron chi connectivity index (χ2n) is 6.54. The van der Waals surface area contributed by atoms with Gasteiger partial charge in [-0.1, -0.05) is 12.1 Å². The number of nitrogens with zero attached hydrogens (tertiary/aromatic N) is 2. The van der Waals surface area contributed by atoms with Gasteiger partial charge in [-0.15, -0.1) is 11.3 Å². The monoisotopic (exact) mass is 360 g/mol. The maximum atomic E-state index is 13.6. The van der Waals surface area contributed by atoms with E-state index in [1.807, 2.05) is 6.07 Å². The van der Waals surface area contributed by atoms with E-state index < -0.39 is 0 Å². The van der Waals surface area contributed by atoms with Crippen LogP contribution in [0, 0.1) is 5.82 Å². The highest BCUT2D eigenvalue weighted by Crippen LogP contribution is 2.30. The van der Waals surface area contributed by atoms with Crippen LogP contribution in [-0.4, -0.2) is 42.0 Å². The Bertz CT molecular complexity index is 757. The molecule has 0 saturated carbocycles. The second kappa shape index (κ2) is 7.19. The van der Waals surface area contributed by atoms with Crippen molar-refractivity contribution in [2.45, 2.75) is 25.3 Å². The third-order valence-corrected chi connectivity index (χ3v) is 5.85. The van der Waals surface area contributed by atoms with Crippen molar-refractivity contribution < 1.29 is 9.18 Å². The molecule has 2 aromatic rings. The summed E-state index contributed by atoms with van der Waals surface area (Å²) in [5.41, 5.74) is 2.04. The molecule has 1 amide bonds. The minimum absolute atomic E-state index is 0.00324. The smallest absolute Gasteiger partial charge is 0.240 e. The molecule has 1 atom stereocenters. The van der Waals surface area contributed by atoms with Gasteiger partial charge in [-0.2, -0.15) is 0 Å². The number of piperazine rings is 1. The molecule has 1 aliphatic carbocycles. The number of carbonyl (C=O) groups is 1. The number of anilines is 1. The zero-order valence-electron chi connectivity index (χ0n) is 13.9. The Balaban J connectivity index is 1.42. The van der Waals surface area contributed by atoms with Crippen molar-refractivity contribution in [2.24, 2.45) is 0 Å². The van der Waals surface area contributed by atoms with E-state index in [0.717, 1.165) is 37.2 Å². The molecular formula is C18H21FN4OS. The van der Waals surface area contributed by atoms with Gasteiger partial charge in [0.25, 0.3) is 0 Å². The predicted octanol–water partition coefficient (Wildman–Crippen LogP) is 2.36. The summed E-state index contributed by atoms with van der Waals surface area (Å²) >= 11 is 1.59. The summed E-state index contributed by atoms with van der Waals surface area (Å²) in [6.07, 6.45) is 3.25. The fourth-order valence-electron chi connectivity index (χ4n) is 3.57. The van der Waals surface area contributed by atoms with Crippen LogP contribution in [0.2, 0.25) is 0 Å². The van der Waals surface area contributed by atoms with E-state index in [4.69, 9.17) is 0 Å². The number of fused-ring (bicyclic) bond motifs is 1. The summed E-state index contributed by atoms with van der Waals surface area (Å²) in [7, 11) is 0. The topological polar surface area (TPSA) is 57.3 Å². The lowest BCUT2D eigenvalue weighted by Crippen LogP contribution is -2.48. The van der Waals surface area contributed by atoms with Gasteiger partial charge in [-0.05, 0) is 37.0 Å². The fourth-order valence-corrected chi connectivity index (χ4v) is 4.63. The predicted molar refractivity (Wildman–Crippen MR) is 96.4 cm³/mol. The lowest BCUT2D eigenvalue weighted by molar-refractivity contribution is -0.118. The number of nitrogens with one attached hydrogen (secondary N) is 2. The molecule has 1 aromatic carbocycles. The number of aryl methyl sites for hydroxylation is 2. The standard InChI is InChI=1S/C18H21FN4OS/c19-13-4-1-3-12(9-13)15-10-20-7-8-23(15)11-17(24)22-18-21-14-5-2-6-16(14)25-18/h1,3-4,9,15,20H,2,5-8,10-11H2,(H,21,22,24). The van der Waals surface area contributed by atoms with Gasteiger partial charge in [0.15, 0.2) is 5.13 Å². The number of hydrogen-bond acceptors (Lipinski definition) is 5. The molecule has 5 nitrogen and oxygen atoms in total. The van der Waals surface area contributed by atoms with Crippen LogP contribution in [0.15, 0.2) is 24.3 Å². The van der Waals surface area contributed by atoms with Crippen LogP contribution in [0.4, 0.5) is 9.52 Å². The lowest BCUT2D eigenvalue weighted by atomic mass is 10.0. The summed E-state index contributed by atoms with van der Waals surface area (Å²) in [5, 5.41) is 6.96. The molecule has 1 fully saturated rings. The summed E-state index contributed by atoms with van der Waals surface area (Å²) < 4.78 is 13.6. The molecule has 7 heteroatoms. The molecule has 2 aliphatic rings. The van der Waals surface area contributed by atoms with Crippen LogP contribution in [-0.2, 0) is 17.6 Å². The van der Waals surface area contributed by atoms with Crippen molar-refractivity contribution in [1.82, 2.24) is 15.2 Å². The first-order chi connectivity index (χ1) is 12.2. The van der Waals surface area contributed by atoms with Crippen LogP contribution in [0.5, 0.6) is 0 Å². The van der Waals surface area contributed by atoms with Gasteiger partial charge in [-0.3, -0.25) is 9.69 Å². The van der Waals surface area contributed by atoms with Crippen molar-refractivity contribution >= 4 is 22.4 Å². The first-order valence-corrected chi connectivity index (χ1v) is 9.49. The summed E-state index contributed by atoms with van der Waals surface area (Å²) in [4.78, 5) is 20.4. The molecule has 1 saturated heterocycles. The van der Waals surface area contributed by atoms with E-state index in [2.05, 4.69) is 20.5 Å². The number of aromatic nitrogens is 1. The van der Waals surface area contributed by atoms with Crippen molar-refractivity contribution in [2.75, 3.05) is 31.5 Å². The Hall–Kier alpha value is -1.83. The van der Waals surface area contributed by atoms with Gasteiger partial charge < -0.3 is 10.6 Å². The molecule has 0 spiro atoms. The summed E-state index contributed by atoms with van der Waals surface area (Å²) in [6, 6.07) is 6.62. The van der Waals surface area contributed by atoms with Crippen LogP contribution < -0.4 is 10.6 Å². The quantitative estimate of drug-likeness (QED) is 0.879. The van der Waals surface area contributed by atoms with Crippen LogP contribution >= 0.6 is 11.3 Å². The van der Waals surface area contributed by atoms with Gasteiger partial charge in [0, 0.05) is 30.6 Å². The van der Waals surface area contributed by atoms with Gasteiger partial charge in [0.2, 0.25) is 5.91 Å². The third-order valence-electron chi connectivity index (χ3n) is 4.78. The second-order valence-corrected chi connectivity index (χ2v) is 7.62. The van der Waals surface area contributed by atoms with Crippen LogP contribution in [0.1, 0.15) is 28.6 Å². The first kappa shape index (κ1) is 16.6. The van der Waals surface area contributed by atoms with Crippen molar-refractivity contribution in [3.05, 3.63) is 46.2 Å². The molecule has 132 valence electrons. The minimum atomic E-state index is -0.246. The molecule has 1 unspecified atom stereocenters. The number of hydrogen-bond donors (Lipinski definition) is 2. The molecular weight excluding hydrogens is 339 g/mol. The van der Waals surface area contributed by atoms with Crippen LogP contribution in [0.3, 0.4) is 0 Å². The van der Waals surface area contributed by atoms with Gasteiger partial charge in [-0.25, -0.2) is 9.37 Å². The molecule has 2 N–H and O–H groups in total. The lowest BCUT2D eigenvalue weighted by Gasteiger charge is -2.35. The number of amides is 1. The first-order valence-electron chi connectivity index (χ1n) is 8.68. The van der Waals surface area contributed by atoms with E-state index in [1.54, 1.807) is 23.5 Å². The van der Waals surface area contributed by atoms with Crippen molar-refractivity contribution in [1.29, 1.82) is 0 Å². The largest absolute Gasteiger partial charge is 0.314 e. The van der Waals surface area contributed by atoms with E-state index in [9.17, 15) is 9.18 Å². The van der Waals surface area contributed by atoms with Gasteiger partial charge in [0.1, 0.15) is 5.82 Å². The Kier molecular flexibility index (Phi) is 4.78. The van der Waals surface area contributed by atoms with Gasteiger partial charge >= 0.3 is 0 Å². The molecule has 25 heavy (non-hydrogen) atoms. The zero-order valence-corrected chi connectivity index (χ0v) is 14.7. The zero-order chi connectivity index (χ0) is 17.2. The average Bonchev–Trinajstić information content (AvgIpc) is 3.16. The Morgan fingerprint density at radius 3 is 3.20 bits per heavy atom. The molecule has 0 bridgehead atoms. The third kappa shape index (κ3) is 3.73.